The summed E-state index contributed by atoms with van der Waals surface area (Å²) >= 11 is 0. The lowest BCUT2D eigenvalue weighted by Gasteiger charge is -2.23. The zero-order valence-electron chi connectivity index (χ0n) is 21.2. The molecule has 0 saturated carbocycles. The second-order valence-corrected chi connectivity index (χ2v) is 10.0. The van der Waals surface area contributed by atoms with E-state index in [1.807, 2.05) is 65.1 Å². The van der Waals surface area contributed by atoms with E-state index in [-0.39, 0.29) is 5.69 Å². The van der Waals surface area contributed by atoms with Gasteiger partial charge < -0.3 is 5.32 Å². The normalized spacial score (nSPS) is 14.4. The summed E-state index contributed by atoms with van der Waals surface area (Å²) in [6.45, 7) is 2.11. The first-order chi connectivity index (χ1) is 18.7. The number of imidazole rings is 1. The maximum Gasteiger partial charge on any atom is 0.333 e. The largest absolute Gasteiger partial charge is 0.333 e. The average Bonchev–Trinajstić information content (AvgIpc) is 3.57. The smallest absolute Gasteiger partial charge is 0.317 e. The number of fused-ring (bicyclic) bond motifs is 3. The molecule has 4 heterocycles. The van der Waals surface area contributed by atoms with Crippen molar-refractivity contribution in [1.82, 2.24) is 29.2 Å². The highest BCUT2D eigenvalue weighted by Gasteiger charge is 2.19. The molecule has 0 aliphatic carbocycles. The molecule has 1 aliphatic rings. The molecule has 1 saturated heterocycles. The van der Waals surface area contributed by atoms with Gasteiger partial charge in [0.15, 0.2) is 0 Å². The van der Waals surface area contributed by atoms with Crippen molar-refractivity contribution in [3.8, 4) is 22.5 Å². The van der Waals surface area contributed by atoms with Crippen LogP contribution in [0.4, 0.5) is 0 Å². The molecule has 7 heteroatoms. The number of benzene rings is 3. The van der Waals surface area contributed by atoms with Crippen molar-refractivity contribution < 1.29 is 0 Å². The van der Waals surface area contributed by atoms with Crippen LogP contribution in [-0.2, 0) is 7.05 Å². The van der Waals surface area contributed by atoms with Gasteiger partial charge >= 0.3 is 5.69 Å². The summed E-state index contributed by atoms with van der Waals surface area (Å²) in [7, 11) is 1.81. The Balaban J connectivity index is 1.36. The van der Waals surface area contributed by atoms with E-state index >= 15 is 0 Å². The Labute approximate surface area is 220 Å². The molecule has 38 heavy (non-hydrogen) atoms. The van der Waals surface area contributed by atoms with Crippen LogP contribution in [-0.4, -0.2) is 37.0 Å². The molecule has 3 aromatic heterocycles. The van der Waals surface area contributed by atoms with Crippen LogP contribution in [0.1, 0.15) is 24.3 Å². The van der Waals surface area contributed by atoms with E-state index in [9.17, 15) is 4.79 Å². The summed E-state index contributed by atoms with van der Waals surface area (Å²) in [5.74, 6) is 0.568. The van der Waals surface area contributed by atoms with Crippen LogP contribution in [0.25, 0.3) is 44.4 Å². The lowest BCUT2D eigenvalue weighted by Crippen LogP contribution is -2.26. The standard InChI is InChI=1S/C31H28N6O/c1-35-29-19-33-28-12-9-23(24-18-34-36(20-24)25-5-3-2-4-6-25)17-27(28)30(29)37(31(35)38)26-10-7-21(8-11-26)22-13-15-32-16-14-22/h2-12,17-20,22,32H,13-16H2,1H3. The van der Waals surface area contributed by atoms with Crippen molar-refractivity contribution in [3.63, 3.8) is 0 Å². The number of pyridine rings is 1. The maximum absolute atomic E-state index is 13.5. The summed E-state index contributed by atoms with van der Waals surface area (Å²) in [5.41, 5.74) is 7.70. The lowest BCUT2D eigenvalue weighted by atomic mass is 9.90. The van der Waals surface area contributed by atoms with Crippen LogP contribution in [0.2, 0.25) is 0 Å². The van der Waals surface area contributed by atoms with Gasteiger partial charge in [0.2, 0.25) is 0 Å². The summed E-state index contributed by atoms with van der Waals surface area (Å²) in [4.78, 5) is 18.2. The Morgan fingerprint density at radius 3 is 2.45 bits per heavy atom. The number of nitrogens with one attached hydrogen (secondary N) is 1. The van der Waals surface area contributed by atoms with Crippen molar-refractivity contribution in [2.45, 2.75) is 18.8 Å². The van der Waals surface area contributed by atoms with Gasteiger partial charge in [0.05, 0.1) is 40.3 Å². The first-order valence-corrected chi connectivity index (χ1v) is 13.1. The molecule has 1 N–H and O–H groups in total. The second-order valence-electron chi connectivity index (χ2n) is 10.0. The predicted octanol–water partition coefficient (Wildman–Crippen LogP) is 5.20. The van der Waals surface area contributed by atoms with E-state index < -0.39 is 0 Å². The van der Waals surface area contributed by atoms with Crippen molar-refractivity contribution in [1.29, 1.82) is 0 Å². The highest BCUT2D eigenvalue weighted by Crippen LogP contribution is 2.31. The molecule has 7 rings (SSSR count). The first kappa shape index (κ1) is 22.7. The summed E-state index contributed by atoms with van der Waals surface area (Å²) in [6.07, 6.45) is 7.99. The fourth-order valence-corrected chi connectivity index (χ4v) is 5.66. The number of piperidine rings is 1. The van der Waals surface area contributed by atoms with Crippen molar-refractivity contribution in [2.75, 3.05) is 13.1 Å². The van der Waals surface area contributed by atoms with Crippen molar-refractivity contribution >= 4 is 21.9 Å². The fraction of sp³-hybridized carbons (Fsp3) is 0.194. The van der Waals surface area contributed by atoms with Crippen LogP contribution < -0.4 is 11.0 Å². The SMILES string of the molecule is Cn1c(=O)n(-c2ccc(C3CCNCC3)cc2)c2c3cc(-c4cnn(-c5ccccc5)c4)ccc3ncc21. The molecule has 0 bridgehead atoms. The third kappa shape index (κ3) is 3.74. The summed E-state index contributed by atoms with van der Waals surface area (Å²) in [5, 5.41) is 8.95. The predicted molar refractivity (Wildman–Crippen MR) is 151 cm³/mol. The average molecular weight is 501 g/mol. The minimum atomic E-state index is -0.0776. The number of para-hydroxylation sites is 1. The van der Waals surface area contributed by atoms with Gasteiger partial charge in [-0.1, -0.05) is 36.4 Å². The zero-order valence-corrected chi connectivity index (χ0v) is 21.2. The van der Waals surface area contributed by atoms with Crippen LogP contribution in [0.3, 0.4) is 0 Å². The maximum atomic E-state index is 13.5. The van der Waals surface area contributed by atoms with Crippen LogP contribution >= 0.6 is 0 Å². The van der Waals surface area contributed by atoms with Gasteiger partial charge in [-0.3, -0.25) is 14.1 Å². The van der Waals surface area contributed by atoms with Gasteiger partial charge in [0.25, 0.3) is 0 Å². The number of nitrogens with zero attached hydrogens (tertiary/aromatic N) is 5. The van der Waals surface area contributed by atoms with E-state index in [1.165, 1.54) is 5.56 Å². The van der Waals surface area contributed by atoms with Gasteiger partial charge in [-0.2, -0.15) is 5.10 Å². The molecule has 1 aliphatic heterocycles. The van der Waals surface area contributed by atoms with Gasteiger partial charge in [0.1, 0.15) is 0 Å². The molecule has 7 nitrogen and oxygen atoms in total. The topological polar surface area (TPSA) is 69.7 Å². The van der Waals surface area contributed by atoms with Crippen LogP contribution in [0.15, 0.2) is 96.2 Å². The lowest BCUT2D eigenvalue weighted by molar-refractivity contribution is 0.460. The number of hydrogen-bond donors (Lipinski definition) is 1. The monoisotopic (exact) mass is 500 g/mol. The van der Waals surface area contributed by atoms with Gasteiger partial charge in [0, 0.05) is 24.2 Å². The van der Waals surface area contributed by atoms with E-state index in [0.717, 1.165) is 70.4 Å². The molecule has 0 atom stereocenters. The summed E-state index contributed by atoms with van der Waals surface area (Å²) < 4.78 is 5.38. The molecule has 0 unspecified atom stereocenters. The minimum absolute atomic E-state index is 0.0776. The first-order valence-electron chi connectivity index (χ1n) is 13.1. The number of aryl methyl sites for hydroxylation is 1. The quantitative estimate of drug-likeness (QED) is 0.361. The van der Waals surface area contributed by atoms with Crippen LogP contribution in [0, 0.1) is 0 Å². The molecule has 0 spiro atoms. The molecule has 1 fully saturated rings. The Morgan fingerprint density at radius 2 is 1.66 bits per heavy atom. The van der Waals surface area contributed by atoms with Gasteiger partial charge in [-0.25, -0.2) is 9.48 Å². The highest BCUT2D eigenvalue weighted by atomic mass is 16.1. The van der Waals surface area contributed by atoms with Crippen molar-refractivity contribution in [3.05, 3.63) is 107 Å². The Kier molecular flexibility index (Phi) is 5.44. The molecule has 188 valence electrons. The van der Waals surface area contributed by atoms with Gasteiger partial charge in [-0.05, 0) is 79.4 Å². The molecule has 3 aromatic carbocycles. The zero-order chi connectivity index (χ0) is 25.6. The fourth-order valence-electron chi connectivity index (χ4n) is 5.66. The van der Waals surface area contributed by atoms with Gasteiger partial charge in [-0.15, -0.1) is 0 Å². The third-order valence-electron chi connectivity index (χ3n) is 7.78. The van der Waals surface area contributed by atoms with Crippen molar-refractivity contribution in [2.24, 2.45) is 7.05 Å². The second kappa shape index (κ2) is 9.11. The molecule has 0 radical (unpaired) electrons. The van der Waals surface area contributed by atoms with E-state index in [1.54, 1.807) is 10.8 Å². The van der Waals surface area contributed by atoms with E-state index in [0.29, 0.717) is 5.92 Å². The number of hydrogen-bond acceptors (Lipinski definition) is 4. The Hall–Kier alpha value is -4.49. The van der Waals surface area contributed by atoms with E-state index in [2.05, 4.69) is 51.8 Å². The number of rotatable bonds is 4. The van der Waals surface area contributed by atoms with E-state index in [4.69, 9.17) is 0 Å². The minimum Gasteiger partial charge on any atom is -0.317 e. The van der Waals surface area contributed by atoms with Crippen LogP contribution in [0.5, 0.6) is 0 Å². The molecular formula is C31H28N6O. The molecule has 0 amide bonds. The Morgan fingerprint density at radius 1 is 0.868 bits per heavy atom. The molecule has 6 aromatic rings. The highest BCUT2D eigenvalue weighted by molar-refractivity contribution is 6.04. The number of aromatic nitrogens is 5. The summed E-state index contributed by atoms with van der Waals surface area (Å²) in [6, 6.07) is 24.8. The third-order valence-corrected chi connectivity index (χ3v) is 7.78. The Bertz CT molecular complexity index is 1820. The molecular weight excluding hydrogens is 472 g/mol.